The molecule has 3 aromatic rings. The molecule has 0 amide bonds. The van der Waals surface area contributed by atoms with Gasteiger partial charge in [-0.1, -0.05) is 48.5 Å². The van der Waals surface area contributed by atoms with Crippen molar-refractivity contribution in [3.05, 3.63) is 41.5 Å². The minimum Gasteiger partial charge on any atom is -0.427 e. The molecule has 2 heterocycles. The summed E-state index contributed by atoms with van der Waals surface area (Å²) in [6.45, 7) is 4.90. The van der Waals surface area contributed by atoms with E-state index in [0.29, 0.717) is 23.5 Å². The van der Waals surface area contributed by atoms with Crippen molar-refractivity contribution in [2.45, 2.75) is 26.4 Å². The number of hydrogen-bond donors (Lipinski definition) is 1. The molecule has 3 rings (SSSR count). The molecule has 0 saturated heterocycles. The lowest BCUT2D eigenvalue weighted by molar-refractivity contribution is 0.477. The first-order chi connectivity index (χ1) is 10.2. The molecule has 1 aromatic carbocycles. The maximum Gasteiger partial charge on any atom is 0.299 e. The van der Waals surface area contributed by atoms with Crippen LogP contribution in [0.2, 0.25) is 0 Å². The molecule has 0 bridgehead atoms. The van der Waals surface area contributed by atoms with E-state index in [4.69, 9.17) is 4.74 Å². The first-order valence-electron chi connectivity index (χ1n) is 6.80. The Balaban J connectivity index is 1.79. The van der Waals surface area contributed by atoms with Crippen LogP contribution in [-0.4, -0.2) is 21.2 Å². The van der Waals surface area contributed by atoms with Gasteiger partial charge in [-0.25, -0.2) is 0 Å². The number of fused-ring (bicyclic) bond motifs is 1. The monoisotopic (exact) mass is 300 g/mol. The van der Waals surface area contributed by atoms with Gasteiger partial charge in [-0.2, -0.15) is 0 Å². The highest BCUT2D eigenvalue weighted by Gasteiger charge is 2.09. The van der Waals surface area contributed by atoms with Gasteiger partial charge in [0.05, 0.1) is 6.54 Å². The maximum atomic E-state index is 5.83. The van der Waals surface area contributed by atoms with Crippen LogP contribution < -0.4 is 10.1 Å². The van der Waals surface area contributed by atoms with Crippen LogP contribution in [0.1, 0.15) is 18.9 Å². The Kier molecular flexibility index (Phi) is 4.08. The lowest BCUT2D eigenvalue weighted by Crippen LogP contribution is -2.21. The van der Waals surface area contributed by atoms with Gasteiger partial charge < -0.3 is 10.1 Å². The van der Waals surface area contributed by atoms with Crippen LogP contribution in [0.3, 0.4) is 0 Å². The number of nitrogens with zero attached hydrogens (tertiary/aromatic N) is 3. The zero-order valence-corrected chi connectivity index (χ0v) is 12.7. The van der Waals surface area contributed by atoms with Crippen molar-refractivity contribution in [1.82, 2.24) is 20.5 Å². The highest BCUT2D eigenvalue weighted by atomic mass is 32.1. The highest BCUT2D eigenvalue weighted by molar-refractivity contribution is 7.13. The molecular formula is C15H16N4OS. The van der Waals surface area contributed by atoms with Crippen LogP contribution in [0.25, 0.3) is 10.9 Å². The molecule has 0 aliphatic heterocycles. The topological polar surface area (TPSA) is 59.9 Å². The van der Waals surface area contributed by atoms with Crippen molar-refractivity contribution < 1.29 is 4.74 Å². The van der Waals surface area contributed by atoms with E-state index in [0.717, 1.165) is 15.9 Å². The minimum absolute atomic E-state index is 0.417. The summed E-state index contributed by atoms with van der Waals surface area (Å²) in [5.41, 5.74) is 0.831. The van der Waals surface area contributed by atoms with E-state index in [1.165, 1.54) is 11.3 Å². The number of rotatable bonds is 5. The smallest absolute Gasteiger partial charge is 0.299 e. The first kappa shape index (κ1) is 13.9. The summed E-state index contributed by atoms with van der Waals surface area (Å²) in [5.74, 6) is 0.701. The normalized spacial score (nSPS) is 11.2. The summed E-state index contributed by atoms with van der Waals surface area (Å²) in [5, 5.41) is 14.0. The van der Waals surface area contributed by atoms with Crippen LogP contribution in [0.4, 0.5) is 0 Å². The second kappa shape index (κ2) is 6.15. The average Bonchev–Trinajstić information content (AvgIpc) is 2.93. The number of benzene rings is 1. The molecule has 108 valence electrons. The molecule has 0 saturated carbocycles. The Morgan fingerprint density at radius 1 is 1.19 bits per heavy atom. The van der Waals surface area contributed by atoms with Gasteiger partial charge in [0, 0.05) is 17.6 Å². The van der Waals surface area contributed by atoms with Crippen molar-refractivity contribution in [3.63, 3.8) is 0 Å². The van der Waals surface area contributed by atoms with E-state index in [1.807, 2.05) is 30.3 Å². The van der Waals surface area contributed by atoms with Crippen molar-refractivity contribution >= 4 is 22.2 Å². The Labute approximate surface area is 127 Å². The Bertz CT molecular complexity index is 736. The minimum atomic E-state index is 0.417. The van der Waals surface area contributed by atoms with E-state index >= 15 is 0 Å². The molecular weight excluding hydrogens is 284 g/mol. The van der Waals surface area contributed by atoms with Crippen molar-refractivity contribution in [1.29, 1.82) is 0 Å². The summed E-state index contributed by atoms with van der Waals surface area (Å²) < 4.78 is 5.83. The molecule has 0 spiro atoms. The fourth-order valence-electron chi connectivity index (χ4n) is 1.89. The first-order valence-corrected chi connectivity index (χ1v) is 7.61. The van der Waals surface area contributed by atoms with E-state index in [-0.39, 0.29) is 0 Å². The Morgan fingerprint density at radius 3 is 2.90 bits per heavy atom. The molecule has 0 aliphatic carbocycles. The van der Waals surface area contributed by atoms with Crippen molar-refractivity contribution in [2.24, 2.45) is 0 Å². The van der Waals surface area contributed by atoms with Crippen molar-refractivity contribution in [2.75, 3.05) is 0 Å². The quantitative estimate of drug-likeness (QED) is 0.782. The summed E-state index contributed by atoms with van der Waals surface area (Å²) in [6, 6.07) is 10.2. The van der Waals surface area contributed by atoms with Gasteiger partial charge in [0.2, 0.25) is 0 Å². The van der Waals surface area contributed by atoms with Gasteiger partial charge in [-0.05, 0) is 12.1 Å². The zero-order valence-electron chi connectivity index (χ0n) is 11.9. The van der Waals surface area contributed by atoms with Crippen LogP contribution in [0.15, 0.2) is 36.5 Å². The third-order valence-corrected chi connectivity index (χ3v) is 3.70. The van der Waals surface area contributed by atoms with Crippen LogP contribution in [0.5, 0.6) is 10.9 Å². The molecule has 0 unspecified atom stereocenters. The molecule has 0 radical (unpaired) electrons. The molecule has 0 atom stereocenters. The van der Waals surface area contributed by atoms with Crippen LogP contribution >= 0.6 is 11.3 Å². The summed E-state index contributed by atoms with van der Waals surface area (Å²) in [7, 11) is 0. The van der Waals surface area contributed by atoms with Gasteiger partial charge in [0.25, 0.3) is 5.19 Å². The largest absolute Gasteiger partial charge is 0.427 e. The lowest BCUT2D eigenvalue weighted by atomic mass is 10.2. The van der Waals surface area contributed by atoms with Gasteiger partial charge in [-0.15, -0.1) is 5.10 Å². The highest BCUT2D eigenvalue weighted by Crippen LogP contribution is 2.29. The van der Waals surface area contributed by atoms with E-state index in [1.54, 1.807) is 6.20 Å². The molecule has 2 aromatic heterocycles. The molecule has 0 aliphatic rings. The lowest BCUT2D eigenvalue weighted by Gasteiger charge is -2.04. The number of aromatic nitrogens is 3. The summed E-state index contributed by atoms with van der Waals surface area (Å²) in [6.07, 6.45) is 1.76. The second-order valence-electron chi connectivity index (χ2n) is 4.93. The van der Waals surface area contributed by atoms with Gasteiger partial charge in [0.1, 0.15) is 10.5 Å². The predicted molar refractivity (Wildman–Crippen MR) is 83.7 cm³/mol. The molecule has 6 heteroatoms. The zero-order chi connectivity index (χ0) is 14.7. The van der Waals surface area contributed by atoms with Gasteiger partial charge >= 0.3 is 0 Å². The predicted octanol–water partition coefficient (Wildman–Crippen LogP) is 3.38. The Hall–Kier alpha value is -2.05. The van der Waals surface area contributed by atoms with E-state index in [9.17, 15) is 0 Å². The summed E-state index contributed by atoms with van der Waals surface area (Å²) >= 11 is 1.44. The Morgan fingerprint density at radius 2 is 2.05 bits per heavy atom. The molecule has 21 heavy (non-hydrogen) atoms. The fraction of sp³-hybridized carbons (Fsp3) is 0.267. The third-order valence-electron chi connectivity index (χ3n) is 2.90. The average molecular weight is 300 g/mol. The van der Waals surface area contributed by atoms with Crippen LogP contribution in [-0.2, 0) is 6.54 Å². The maximum absolute atomic E-state index is 5.83. The van der Waals surface area contributed by atoms with Gasteiger partial charge in [-0.3, -0.25) is 4.98 Å². The van der Waals surface area contributed by atoms with E-state index < -0.39 is 0 Å². The van der Waals surface area contributed by atoms with Crippen molar-refractivity contribution in [3.8, 4) is 10.9 Å². The SMILES string of the molecule is CC(C)NCc1nnc(Oc2cccc3cccnc23)s1. The standard InChI is InChI=1S/C15H16N4OS/c1-10(2)17-9-13-18-19-15(21-13)20-12-7-3-5-11-6-4-8-16-14(11)12/h3-8,10,17H,9H2,1-2H3. The number of ether oxygens (including phenoxy) is 1. The number of hydrogen-bond acceptors (Lipinski definition) is 6. The number of pyridine rings is 1. The molecule has 1 N–H and O–H groups in total. The molecule has 0 fully saturated rings. The third kappa shape index (κ3) is 3.34. The van der Waals surface area contributed by atoms with Gasteiger partial charge in [0.15, 0.2) is 5.75 Å². The van der Waals surface area contributed by atoms with E-state index in [2.05, 4.69) is 34.3 Å². The number of nitrogens with one attached hydrogen (secondary N) is 1. The summed E-state index contributed by atoms with van der Waals surface area (Å²) in [4.78, 5) is 4.36. The molecule has 5 nitrogen and oxygen atoms in total. The van der Waals surface area contributed by atoms with Crippen LogP contribution in [0, 0.1) is 0 Å². The fourth-order valence-corrected chi connectivity index (χ4v) is 2.55. The second-order valence-corrected chi connectivity index (χ2v) is 5.96. The number of para-hydroxylation sites is 1.